The standard InChI is InChI=1S/C16H12F3N3O2/c17-16(18,19)13-8-2-3-9-14(13)21-20-11-5-7-12-6-1-4-10-15(12)22(23)24/h1-11,21H/b7-5+,20-11-. The summed E-state index contributed by atoms with van der Waals surface area (Å²) < 4.78 is 38.4. The first-order valence-corrected chi connectivity index (χ1v) is 6.75. The van der Waals surface area contributed by atoms with E-state index in [0.29, 0.717) is 5.56 Å². The summed E-state index contributed by atoms with van der Waals surface area (Å²) in [6.07, 6.45) is -0.437. The summed E-state index contributed by atoms with van der Waals surface area (Å²) in [7, 11) is 0. The molecule has 0 aliphatic carbocycles. The Morgan fingerprint density at radius 2 is 1.75 bits per heavy atom. The van der Waals surface area contributed by atoms with Crippen molar-refractivity contribution in [2.45, 2.75) is 6.18 Å². The number of nitro benzene ring substituents is 1. The molecule has 0 saturated carbocycles. The highest BCUT2D eigenvalue weighted by atomic mass is 19.4. The average Bonchev–Trinajstić information content (AvgIpc) is 2.54. The van der Waals surface area contributed by atoms with Crippen LogP contribution >= 0.6 is 0 Å². The van der Waals surface area contributed by atoms with Gasteiger partial charge in [-0.15, -0.1) is 0 Å². The third-order valence-corrected chi connectivity index (χ3v) is 2.99. The van der Waals surface area contributed by atoms with E-state index in [1.165, 1.54) is 42.6 Å². The lowest BCUT2D eigenvalue weighted by Crippen LogP contribution is -2.08. The maximum atomic E-state index is 12.8. The van der Waals surface area contributed by atoms with Gasteiger partial charge in [0.1, 0.15) is 0 Å². The average molecular weight is 335 g/mol. The lowest BCUT2D eigenvalue weighted by molar-refractivity contribution is -0.385. The van der Waals surface area contributed by atoms with Crippen LogP contribution in [-0.2, 0) is 6.18 Å². The Bertz CT molecular complexity index is 786. The fraction of sp³-hybridized carbons (Fsp3) is 0.0625. The molecule has 0 unspecified atom stereocenters. The maximum Gasteiger partial charge on any atom is 0.418 e. The number of halogens is 3. The number of anilines is 1. The molecule has 0 amide bonds. The van der Waals surface area contributed by atoms with Gasteiger partial charge in [0.2, 0.25) is 0 Å². The van der Waals surface area contributed by atoms with Gasteiger partial charge in [0, 0.05) is 12.3 Å². The maximum absolute atomic E-state index is 12.8. The van der Waals surface area contributed by atoms with Gasteiger partial charge in [0.05, 0.1) is 21.7 Å². The number of hydrogen-bond acceptors (Lipinski definition) is 4. The summed E-state index contributed by atoms with van der Waals surface area (Å²) in [4.78, 5) is 10.3. The van der Waals surface area contributed by atoms with Crippen LogP contribution in [0.1, 0.15) is 11.1 Å². The molecule has 0 aliphatic heterocycles. The van der Waals surface area contributed by atoms with E-state index in [0.717, 1.165) is 6.07 Å². The van der Waals surface area contributed by atoms with Crippen molar-refractivity contribution in [3.8, 4) is 0 Å². The lowest BCUT2D eigenvalue weighted by Gasteiger charge is -2.11. The molecular formula is C16H12F3N3O2. The zero-order valence-corrected chi connectivity index (χ0v) is 12.2. The molecular weight excluding hydrogens is 323 g/mol. The minimum Gasteiger partial charge on any atom is -0.278 e. The monoisotopic (exact) mass is 335 g/mol. The van der Waals surface area contributed by atoms with E-state index in [2.05, 4.69) is 10.5 Å². The number of nitrogens with zero attached hydrogens (tertiary/aromatic N) is 2. The van der Waals surface area contributed by atoms with Crippen LogP contribution in [-0.4, -0.2) is 11.1 Å². The minimum atomic E-state index is -4.49. The summed E-state index contributed by atoms with van der Waals surface area (Å²) in [6.45, 7) is 0. The van der Waals surface area contributed by atoms with Gasteiger partial charge in [-0.05, 0) is 30.4 Å². The Balaban J connectivity index is 2.08. The molecule has 5 nitrogen and oxygen atoms in total. The van der Waals surface area contributed by atoms with Crippen LogP contribution in [0.5, 0.6) is 0 Å². The van der Waals surface area contributed by atoms with Gasteiger partial charge in [-0.1, -0.05) is 24.3 Å². The fourth-order valence-corrected chi connectivity index (χ4v) is 1.92. The van der Waals surface area contributed by atoms with Gasteiger partial charge in [-0.2, -0.15) is 18.3 Å². The third kappa shape index (κ3) is 4.42. The van der Waals surface area contributed by atoms with Crippen molar-refractivity contribution in [3.63, 3.8) is 0 Å². The van der Waals surface area contributed by atoms with Crippen molar-refractivity contribution in [2.24, 2.45) is 5.10 Å². The molecule has 2 rings (SSSR count). The summed E-state index contributed by atoms with van der Waals surface area (Å²) in [5, 5.41) is 14.5. The smallest absolute Gasteiger partial charge is 0.278 e. The molecule has 0 fully saturated rings. The molecule has 24 heavy (non-hydrogen) atoms. The van der Waals surface area contributed by atoms with Gasteiger partial charge >= 0.3 is 6.18 Å². The third-order valence-electron chi connectivity index (χ3n) is 2.99. The second-order valence-electron chi connectivity index (χ2n) is 4.61. The Kier molecular flexibility index (Phi) is 5.31. The molecule has 0 radical (unpaired) electrons. The van der Waals surface area contributed by atoms with E-state index in [1.807, 2.05) is 0 Å². The molecule has 0 atom stereocenters. The Morgan fingerprint density at radius 3 is 2.46 bits per heavy atom. The molecule has 0 saturated heterocycles. The predicted molar refractivity (Wildman–Crippen MR) is 85.7 cm³/mol. The highest BCUT2D eigenvalue weighted by Crippen LogP contribution is 2.34. The number of benzene rings is 2. The van der Waals surface area contributed by atoms with Crippen molar-refractivity contribution in [2.75, 3.05) is 5.43 Å². The van der Waals surface area contributed by atoms with Crippen LogP contribution in [0, 0.1) is 10.1 Å². The van der Waals surface area contributed by atoms with Crippen molar-refractivity contribution in [3.05, 3.63) is 75.8 Å². The normalized spacial score (nSPS) is 12.0. The van der Waals surface area contributed by atoms with E-state index in [1.54, 1.807) is 18.2 Å². The molecule has 0 spiro atoms. The Morgan fingerprint density at radius 1 is 1.08 bits per heavy atom. The number of allylic oxidation sites excluding steroid dienone is 1. The molecule has 2 aromatic rings. The Labute approximate surface area is 135 Å². The van der Waals surface area contributed by atoms with Crippen LogP contribution in [0.15, 0.2) is 59.7 Å². The van der Waals surface area contributed by atoms with Crippen molar-refractivity contribution < 1.29 is 18.1 Å². The highest BCUT2D eigenvalue weighted by Gasteiger charge is 2.33. The molecule has 8 heteroatoms. The fourth-order valence-electron chi connectivity index (χ4n) is 1.92. The first-order chi connectivity index (χ1) is 11.4. The van der Waals surface area contributed by atoms with Gasteiger partial charge in [0.15, 0.2) is 0 Å². The topological polar surface area (TPSA) is 67.5 Å². The summed E-state index contributed by atoms with van der Waals surface area (Å²) in [5.74, 6) is 0. The summed E-state index contributed by atoms with van der Waals surface area (Å²) in [6, 6.07) is 11.0. The van der Waals surface area contributed by atoms with E-state index in [4.69, 9.17) is 0 Å². The number of nitro groups is 1. The van der Waals surface area contributed by atoms with Gasteiger partial charge in [-0.3, -0.25) is 15.5 Å². The predicted octanol–water partition coefficient (Wildman–Crippen LogP) is 4.72. The SMILES string of the molecule is O=[N+]([O-])c1ccccc1/C=C/C=N\Nc1ccccc1C(F)(F)F. The minimum absolute atomic E-state index is 0.0717. The quantitative estimate of drug-likeness (QED) is 0.488. The number of hydrogen-bond donors (Lipinski definition) is 1. The lowest BCUT2D eigenvalue weighted by atomic mass is 10.1. The second kappa shape index (κ2) is 7.40. The van der Waals surface area contributed by atoms with Gasteiger partial charge in [-0.25, -0.2) is 0 Å². The summed E-state index contributed by atoms with van der Waals surface area (Å²) in [5.41, 5.74) is 1.59. The van der Waals surface area contributed by atoms with E-state index >= 15 is 0 Å². The highest BCUT2D eigenvalue weighted by molar-refractivity contribution is 5.80. The number of nitrogens with one attached hydrogen (secondary N) is 1. The molecule has 0 aromatic heterocycles. The van der Waals surface area contributed by atoms with Crippen LogP contribution in [0.2, 0.25) is 0 Å². The van der Waals surface area contributed by atoms with E-state index in [-0.39, 0.29) is 11.4 Å². The van der Waals surface area contributed by atoms with Crippen LogP contribution in [0.3, 0.4) is 0 Å². The Hall–Kier alpha value is -3.16. The number of alkyl halides is 3. The van der Waals surface area contributed by atoms with E-state index < -0.39 is 16.7 Å². The zero-order chi connectivity index (χ0) is 17.6. The van der Waals surface area contributed by atoms with Crippen molar-refractivity contribution >= 4 is 23.7 Å². The summed E-state index contributed by atoms with van der Waals surface area (Å²) >= 11 is 0. The second-order valence-corrected chi connectivity index (χ2v) is 4.61. The van der Waals surface area contributed by atoms with Gasteiger partial charge < -0.3 is 0 Å². The van der Waals surface area contributed by atoms with Gasteiger partial charge in [0.25, 0.3) is 5.69 Å². The van der Waals surface area contributed by atoms with Crippen LogP contribution in [0.25, 0.3) is 6.08 Å². The molecule has 124 valence electrons. The van der Waals surface area contributed by atoms with Crippen molar-refractivity contribution in [1.82, 2.24) is 0 Å². The van der Waals surface area contributed by atoms with E-state index in [9.17, 15) is 23.3 Å². The number of para-hydroxylation sites is 2. The largest absolute Gasteiger partial charge is 0.418 e. The first-order valence-electron chi connectivity index (χ1n) is 6.75. The van der Waals surface area contributed by atoms with Crippen LogP contribution in [0.4, 0.5) is 24.5 Å². The molecule has 2 aromatic carbocycles. The number of hydrazone groups is 1. The van der Waals surface area contributed by atoms with Crippen LogP contribution < -0.4 is 5.43 Å². The molecule has 0 aliphatic rings. The number of rotatable bonds is 5. The molecule has 0 bridgehead atoms. The zero-order valence-electron chi connectivity index (χ0n) is 12.2. The first kappa shape index (κ1) is 17.2. The molecule has 0 heterocycles. The molecule has 1 N–H and O–H groups in total. The van der Waals surface area contributed by atoms with Crippen molar-refractivity contribution in [1.29, 1.82) is 0 Å².